The summed E-state index contributed by atoms with van der Waals surface area (Å²) in [5.74, 6) is 0.414. The molecule has 0 aliphatic heterocycles. The number of imidazole rings is 1. The van der Waals surface area contributed by atoms with Crippen molar-refractivity contribution in [3.8, 4) is 22.7 Å². The van der Waals surface area contributed by atoms with E-state index in [1.807, 2.05) is 24.3 Å². The Hall–Kier alpha value is -2.82. The maximum Gasteiger partial charge on any atom is 0.330 e. The van der Waals surface area contributed by atoms with E-state index in [1.165, 1.54) is 16.7 Å². The van der Waals surface area contributed by atoms with E-state index in [-0.39, 0.29) is 11.5 Å². The minimum atomic E-state index is -0.335. The summed E-state index contributed by atoms with van der Waals surface area (Å²) in [5, 5.41) is 0. The van der Waals surface area contributed by atoms with Crippen molar-refractivity contribution >= 4 is 0 Å². The fourth-order valence-corrected chi connectivity index (χ4v) is 2.11. The lowest BCUT2D eigenvalue weighted by Crippen LogP contribution is -2.13. The zero-order valence-corrected chi connectivity index (χ0v) is 11.3. The molecule has 106 valence electrons. The molecule has 0 fully saturated rings. The summed E-state index contributed by atoms with van der Waals surface area (Å²) < 4.78 is 19.5. The number of nitrogens with one attached hydrogen (secondary N) is 1. The molecule has 0 saturated carbocycles. The molecule has 1 N–H and O–H groups in total. The molecule has 0 amide bonds. The highest BCUT2D eigenvalue weighted by Crippen LogP contribution is 2.20. The molecule has 3 aromatic rings. The second-order valence-corrected chi connectivity index (χ2v) is 4.55. The van der Waals surface area contributed by atoms with E-state index < -0.39 is 0 Å². The monoisotopic (exact) mass is 284 g/mol. The van der Waals surface area contributed by atoms with Crippen LogP contribution < -0.4 is 10.4 Å². The number of H-pyrrole nitrogens is 1. The zero-order chi connectivity index (χ0) is 14.8. The first kappa shape index (κ1) is 13.2. The lowest BCUT2D eigenvalue weighted by atomic mass is 10.1. The second kappa shape index (κ2) is 5.28. The third-order valence-corrected chi connectivity index (χ3v) is 3.22. The number of hydrogen-bond donors (Lipinski definition) is 1. The van der Waals surface area contributed by atoms with Crippen molar-refractivity contribution in [3.05, 3.63) is 71.0 Å². The molecule has 0 atom stereocenters. The van der Waals surface area contributed by atoms with Gasteiger partial charge in [0.1, 0.15) is 11.6 Å². The number of methoxy groups -OCH3 is 1. The van der Waals surface area contributed by atoms with Crippen LogP contribution in [0.4, 0.5) is 4.39 Å². The molecular formula is C16H13FN2O2. The van der Waals surface area contributed by atoms with E-state index in [2.05, 4.69) is 4.98 Å². The summed E-state index contributed by atoms with van der Waals surface area (Å²) in [5.41, 5.74) is 1.89. The third-order valence-electron chi connectivity index (χ3n) is 3.22. The van der Waals surface area contributed by atoms with Crippen LogP contribution in [0.3, 0.4) is 0 Å². The van der Waals surface area contributed by atoms with E-state index >= 15 is 0 Å². The van der Waals surface area contributed by atoms with E-state index in [1.54, 1.807) is 25.4 Å². The molecule has 0 saturated heterocycles. The number of rotatable bonds is 3. The number of nitrogens with zero attached hydrogens (tertiary/aromatic N) is 1. The summed E-state index contributed by atoms with van der Waals surface area (Å²) in [4.78, 5) is 14.8. The van der Waals surface area contributed by atoms with Crippen LogP contribution in [-0.4, -0.2) is 16.7 Å². The van der Waals surface area contributed by atoms with Crippen LogP contribution in [0.15, 0.2) is 59.5 Å². The van der Waals surface area contributed by atoms with Crippen molar-refractivity contribution in [2.45, 2.75) is 0 Å². The SMILES string of the molecule is COc1ccc(-c2cn(-c3ccc(F)cc3)c(=O)[nH]2)cc1. The van der Waals surface area contributed by atoms with E-state index in [0.717, 1.165) is 11.3 Å². The Balaban J connectivity index is 2.00. The number of aromatic amines is 1. The number of benzene rings is 2. The van der Waals surface area contributed by atoms with E-state index in [9.17, 15) is 9.18 Å². The quantitative estimate of drug-likeness (QED) is 0.803. The molecule has 0 unspecified atom stereocenters. The predicted molar refractivity (Wildman–Crippen MR) is 78.3 cm³/mol. The Morgan fingerprint density at radius 3 is 2.33 bits per heavy atom. The van der Waals surface area contributed by atoms with Crippen molar-refractivity contribution in [2.24, 2.45) is 0 Å². The van der Waals surface area contributed by atoms with Crippen molar-refractivity contribution in [1.82, 2.24) is 9.55 Å². The van der Waals surface area contributed by atoms with Gasteiger partial charge in [0.05, 0.1) is 18.5 Å². The average molecular weight is 284 g/mol. The molecule has 1 heterocycles. The molecule has 5 heteroatoms. The second-order valence-electron chi connectivity index (χ2n) is 4.55. The van der Waals surface area contributed by atoms with Crippen molar-refractivity contribution in [3.63, 3.8) is 0 Å². The predicted octanol–water partition coefficient (Wildman–Crippen LogP) is 2.98. The molecule has 0 aliphatic rings. The molecule has 0 spiro atoms. The van der Waals surface area contributed by atoms with Gasteiger partial charge in [-0.2, -0.15) is 0 Å². The Morgan fingerprint density at radius 1 is 1.05 bits per heavy atom. The van der Waals surface area contributed by atoms with Gasteiger partial charge in [-0.1, -0.05) is 0 Å². The van der Waals surface area contributed by atoms with Crippen molar-refractivity contribution < 1.29 is 9.13 Å². The van der Waals surface area contributed by atoms with Gasteiger partial charge in [-0.25, -0.2) is 9.18 Å². The molecule has 0 aliphatic carbocycles. The van der Waals surface area contributed by atoms with Crippen LogP contribution >= 0.6 is 0 Å². The smallest absolute Gasteiger partial charge is 0.330 e. The van der Waals surface area contributed by atoms with Crippen LogP contribution in [0.25, 0.3) is 16.9 Å². The van der Waals surface area contributed by atoms with Crippen molar-refractivity contribution in [2.75, 3.05) is 7.11 Å². The van der Waals surface area contributed by atoms with Crippen LogP contribution in [0.1, 0.15) is 0 Å². The van der Waals surface area contributed by atoms with Crippen LogP contribution in [0.5, 0.6) is 5.75 Å². The van der Waals surface area contributed by atoms with E-state index in [0.29, 0.717) is 11.4 Å². The highest BCUT2D eigenvalue weighted by atomic mass is 19.1. The highest BCUT2D eigenvalue weighted by Gasteiger charge is 2.07. The Bertz CT molecular complexity index is 802. The van der Waals surface area contributed by atoms with Gasteiger partial charge < -0.3 is 9.72 Å². The first-order valence-corrected chi connectivity index (χ1v) is 6.39. The minimum Gasteiger partial charge on any atom is -0.497 e. The molecule has 4 nitrogen and oxygen atoms in total. The maximum absolute atomic E-state index is 12.9. The standard InChI is InChI=1S/C16H13FN2O2/c1-21-14-8-2-11(3-9-14)15-10-19(16(20)18-15)13-6-4-12(17)5-7-13/h2-10H,1H3,(H,18,20). The van der Waals surface area contributed by atoms with Gasteiger partial charge in [0.2, 0.25) is 0 Å². The first-order chi connectivity index (χ1) is 10.2. The van der Waals surface area contributed by atoms with Gasteiger partial charge in [-0.3, -0.25) is 4.57 Å². The summed E-state index contributed by atoms with van der Waals surface area (Å²) >= 11 is 0. The third kappa shape index (κ3) is 2.58. The fourth-order valence-electron chi connectivity index (χ4n) is 2.11. The van der Waals surface area contributed by atoms with E-state index in [4.69, 9.17) is 4.74 Å². The fraction of sp³-hybridized carbons (Fsp3) is 0.0625. The molecule has 0 bridgehead atoms. The normalized spacial score (nSPS) is 10.6. The minimum absolute atomic E-state index is 0.271. The molecule has 1 aromatic heterocycles. The van der Waals surface area contributed by atoms with Crippen LogP contribution in [-0.2, 0) is 0 Å². The van der Waals surface area contributed by atoms with Crippen LogP contribution in [0, 0.1) is 5.82 Å². The Morgan fingerprint density at radius 2 is 1.71 bits per heavy atom. The number of halogens is 1. The Labute approximate surface area is 120 Å². The van der Waals surface area contributed by atoms with Gasteiger partial charge in [-0.05, 0) is 54.1 Å². The van der Waals surface area contributed by atoms with Gasteiger partial charge in [0, 0.05) is 6.20 Å². The molecular weight excluding hydrogens is 271 g/mol. The van der Waals surface area contributed by atoms with Gasteiger partial charge >= 0.3 is 5.69 Å². The molecule has 2 aromatic carbocycles. The summed E-state index contributed by atoms with van der Waals surface area (Å²) in [6, 6.07) is 13.1. The maximum atomic E-state index is 12.9. The Kier molecular flexibility index (Phi) is 3.31. The molecule has 3 rings (SSSR count). The summed E-state index contributed by atoms with van der Waals surface area (Å²) in [6.07, 6.45) is 1.69. The largest absolute Gasteiger partial charge is 0.497 e. The topological polar surface area (TPSA) is 47.0 Å². The number of aromatic nitrogens is 2. The first-order valence-electron chi connectivity index (χ1n) is 6.39. The summed E-state index contributed by atoms with van der Waals surface area (Å²) in [7, 11) is 1.60. The molecule has 0 radical (unpaired) electrons. The molecule has 21 heavy (non-hydrogen) atoms. The zero-order valence-electron chi connectivity index (χ0n) is 11.3. The lowest BCUT2D eigenvalue weighted by molar-refractivity contribution is 0.415. The van der Waals surface area contributed by atoms with Gasteiger partial charge in [0.25, 0.3) is 0 Å². The average Bonchev–Trinajstić information content (AvgIpc) is 2.90. The van der Waals surface area contributed by atoms with Crippen molar-refractivity contribution in [1.29, 1.82) is 0 Å². The number of hydrogen-bond acceptors (Lipinski definition) is 2. The van der Waals surface area contributed by atoms with Crippen LogP contribution in [0.2, 0.25) is 0 Å². The lowest BCUT2D eigenvalue weighted by Gasteiger charge is -2.01. The van der Waals surface area contributed by atoms with Gasteiger partial charge in [0.15, 0.2) is 0 Å². The highest BCUT2D eigenvalue weighted by molar-refractivity contribution is 5.60. The number of ether oxygens (including phenoxy) is 1. The van der Waals surface area contributed by atoms with Gasteiger partial charge in [-0.15, -0.1) is 0 Å². The summed E-state index contributed by atoms with van der Waals surface area (Å²) in [6.45, 7) is 0.